The first kappa shape index (κ1) is 12.4. The molecule has 18 heavy (non-hydrogen) atoms. The molecule has 1 heterocycles. The minimum atomic E-state index is -0.702. The van der Waals surface area contributed by atoms with Crippen molar-refractivity contribution in [2.45, 2.75) is 19.3 Å². The fraction of sp³-hybridized carbons (Fsp3) is 0.429. The van der Waals surface area contributed by atoms with Crippen molar-refractivity contribution in [2.24, 2.45) is 5.92 Å². The summed E-state index contributed by atoms with van der Waals surface area (Å²) in [6.07, 6.45) is 2.12. The first-order valence-corrected chi connectivity index (χ1v) is 6.16. The predicted molar refractivity (Wildman–Crippen MR) is 68.3 cm³/mol. The predicted octanol–water partition coefficient (Wildman–Crippen LogP) is 2.25. The summed E-state index contributed by atoms with van der Waals surface area (Å²) in [5, 5.41) is 17.5. The van der Waals surface area contributed by atoms with Crippen LogP contribution in [0.15, 0.2) is 24.3 Å². The molecular weight excluding hydrogens is 228 g/mol. The van der Waals surface area contributed by atoms with E-state index in [1.54, 1.807) is 0 Å². The topological polar surface area (TPSA) is 64.3 Å². The Kier molecular flexibility index (Phi) is 3.83. The number of carboxylic acid groups (broad SMARTS) is 1. The lowest BCUT2D eigenvalue weighted by Gasteiger charge is -2.33. The average Bonchev–Trinajstić information content (AvgIpc) is 2.39. The molecule has 94 valence electrons. The molecule has 0 aliphatic carbocycles. The van der Waals surface area contributed by atoms with Gasteiger partial charge in [-0.05, 0) is 43.0 Å². The molecule has 0 radical (unpaired) electrons. The molecule has 1 fully saturated rings. The summed E-state index contributed by atoms with van der Waals surface area (Å²) in [5.74, 6) is -0.399. The molecule has 1 aliphatic heterocycles. The number of nitriles is 1. The SMILES string of the molecule is N#Cc1ccc(N2CCC(CC(=O)O)CC2)cc1. The molecule has 1 aliphatic rings. The number of anilines is 1. The van der Waals surface area contributed by atoms with Crippen LogP contribution in [0.25, 0.3) is 0 Å². The summed E-state index contributed by atoms with van der Waals surface area (Å²) in [6, 6.07) is 9.65. The molecule has 0 bridgehead atoms. The van der Waals surface area contributed by atoms with Gasteiger partial charge in [-0.15, -0.1) is 0 Å². The molecule has 4 heteroatoms. The third-order valence-corrected chi connectivity index (χ3v) is 3.44. The highest BCUT2D eigenvalue weighted by molar-refractivity contribution is 5.67. The van der Waals surface area contributed by atoms with E-state index in [1.165, 1.54) is 0 Å². The average molecular weight is 244 g/mol. The van der Waals surface area contributed by atoms with Crippen LogP contribution in [0.2, 0.25) is 0 Å². The van der Waals surface area contributed by atoms with E-state index in [4.69, 9.17) is 10.4 Å². The van der Waals surface area contributed by atoms with Crippen molar-refractivity contribution in [1.29, 1.82) is 5.26 Å². The van der Waals surface area contributed by atoms with Crippen LogP contribution in [0.3, 0.4) is 0 Å². The maximum atomic E-state index is 10.6. The zero-order valence-electron chi connectivity index (χ0n) is 10.2. The fourth-order valence-corrected chi connectivity index (χ4v) is 2.39. The number of piperidine rings is 1. The van der Waals surface area contributed by atoms with Crippen molar-refractivity contribution in [3.63, 3.8) is 0 Å². The highest BCUT2D eigenvalue weighted by atomic mass is 16.4. The van der Waals surface area contributed by atoms with Gasteiger partial charge in [0.05, 0.1) is 11.6 Å². The lowest BCUT2D eigenvalue weighted by molar-refractivity contribution is -0.138. The first-order valence-electron chi connectivity index (χ1n) is 6.16. The normalized spacial score (nSPS) is 16.3. The second kappa shape index (κ2) is 5.54. The number of hydrogen-bond acceptors (Lipinski definition) is 3. The van der Waals surface area contributed by atoms with Gasteiger partial charge in [0.15, 0.2) is 0 Å². The van der Waals surface area contributed by atoms with Crippen LogP contribution in [-0.4, -0.2) is 24.2 Å². The van der Waals surface area contributed by atoms with Crippen molar-refractivity contribution < 1.29 is 9.90 Å². The van der Waals surface area contributed by atoms with Crippen molar-refractivity contribution in [1.82, 2.24) is 0 Å². The standard InChI is InChI=1S/C14H16N2O2/c15-10-12-1-3-13(4-2-12)16-7-5-11(6-8-16)9-14(17)18/h1-4,11H,5-9H2,(H,17,18). The molecule has 0 atom stereocenters. The maximum absolute atomic E-state index is 10.6. The molecule has 0 unspecified atom stereocenters. The Morgan fingerprint density at radius 1 is 1.33 bits per heavy atom. The van der Waals surface area contributed by atoms with E-state index < -0.39 is 5.97 Å². The minimum Gasteiger partial charge on any atom is -0.481 e. The lowest BCUT2D eigenvalue weighted by atomic mass is 9.93. The third kappa shape index (κ3) is 3.01. The Hall–Kier alpha value is -2.02. The zero-order valence-corrected chi connectivity index (χ0v) is 10.2. The molecule has 0 spiro atoms. The molecule has 1 saturated heterocycles. The smallest absolute Gasteiger partial charge is 0.303 e. The fourth-order valence-electron chi connectivity index (χ4n) is 2.39. The Morgan fingerprint density at radius 2 is 1.94 bits per heavy atom. The van der Waals surface area contributed by atoms with Crippen molar-refractivity contribution >= 4 is 11.7 Å². The van der Waals surface area contributed by atoms with Crippen molar-refractivity contribution in [2.75, 3.05) is 18.0 Å². The summed E-state index contributed by atoms with van der Waals surface area (Å²) in [6.45, 7) is 1.79. The minimum absolute atomic E-state index is 0.279. The molecule has 1 N–H and O–H groups in total. The van der Waals surface area contributed by atoms with E-state index in [0.29, 0.717) is 11.5 Å². The van der Waals surface area contributed by atoms with Crippen LogP contribution < -0.4 is 4.90 Å². The summed E-state index contributed by atoms with van der Waals surface area (Å²) in [7, 11) is 0. The highest BCUT2D eigenvalue weighted by Crippen LogP contribution is 2.25. The highest BCUT2D eigenvalue weighted by Gasteiger charge is 2.21. The van der Waals surface area contributed by atoms with Gasteiger partial charge < -0.3 is 10.0 Å². The molecule has 1 aromatic carbocycles. The summed E-state index contributed by atoms with van der Waals surface area (Å²) >= 11 is 0. The van der Waals surface area contributed by atoms with Gasteiger partial charge in [0.25, 0.3) is 0 Å². The number of nitrogens with zero attached hydrogens (tertiary/aromatic N) is 2. The van der Waals surface area contributed by atoms with E-state index in [-0.39, 0.29) is 6.42 Å². The lowest BCUT2D eigenvalue weighted by Crippen LogP contribution is -2.34. The van der Waals surface area contributed by atoms with Crippen LogP contribution in [0, 0.1) is 17.2 Å². The number of carboxylic acids is 1. The van der Waals surface area contributed by atoms with Gasteiger partial charge in [-0.1, -0.05) is 0 Å². The van der Waals surface area contributed by atoms with Gasteiger partial charge in [0.2, 0.25) is 0 Å². The van der Waals surface area contributed by atoms with E-state index >= 15 is 0 Å². The van der Waals surface area contributed by atoms with E-state index in [9.17, 15) is 4.79 Å². The second-order valence-corrected chi connectivity index (χ2v) is 4.69. The van der Waals surface area contributed by atoms with Crippen LogP contribution in [0.5, 0.6) is 0 Å². The van der Waals surface area contributed by atoms with E-state index in [1.807, 2.05) is 24.3 Å². The van der Waals surface area contributed by atoms with Crippen LogP contribution in [-0.2, 0) is 4.79 Å². The van der Waals surface area contributed by atoms with Gasteiger partial charge in [-0.2, -0.15) is 5.26 Å². The van der Waals surface area contributed by atoms with Gasteiger partial charge in [-0.3, -0.25) is 4.79 Å². The largest absolute Gasteiger partial charge is 0.481 e. The Bertz CT molecular complexity index is 454. The molecule has 0 amide bonds. The van der Waals surface area contributed by atoms with E-state index in [2.05, 4.69) is 11.0 Å². The summed E-state index contributed by atoms with van der Waals surface area (Å²) in [5.41, 5.74) is 1.78. The number of benzene rings is 1. The molecule has 1 aromatic rings. The molecular formula is C14H16N2O2. The van der Waals surface area contributed by atoms with Crippen LogP contribution >= 0.6 is 0 Å². The number of rotatable bonds is 3. The molecule has 2 rings (SSSR count). The van der Waals surface area contributed by atoms with Crippen LogP contribution in [0.1, 0.15) is 24.8 Å². The van der Waals surface area contributed by atoms with Crippen LogP contribution in [0.4, 0.5) is 5.69 Å². The van der Waals surface area contributed by atoms with Gasteiger partial charge >= 0.3 is 5.97 Å². The van der Waals surface area contributed by atoms with Gasteiger partial charge in [0, 0.05) is 25.2 Å². The summed E-state index contributed by atoms with van der Waals surface area (Å²) in [4.78, 5) is 12.9. The Morgan fingerprint density at radius 3 is 2.44 bits per heavy atom. The number of carbonyl (C=O) groups is 1. The Balaban J connectivity index is 1.93. The van der Waals surface area contributed by atoms with Crippen molar-refractivity contribution in [3.05, 3.63) is 29.8 Å². The molecule has 0 saturated carbocycles. The maximum Gasteiger partial charge on any atom is 0.303 e. The summed E-state index contributed by atoms with van der Waals surface area (Å²) < 4.78 is 0. The third-order valence-electron chi connectivity index (χ3n) is 3.44. The van der Waals surface area contributed by atoms with Gasteiger partial charge in [0.1, 0.15) is 0 Å². The van der Waals surface area contributed by atoms with Crippen molar-refractivity contribution in [3.8, 4) is 6.07 Å². The Labute approximate surface area is 106 Å². The van der Waals surface area contributed by atoms with Gasteiger partial charge in [-0.25, -0.2) is 0 Å². The number of hydrogen-bond donors (Lipinski definition) is 1. The quantitative estimate of drug-likeness (QED) is 0.885. The first-order chi connectivity index (χ1) is 8.69. The molecule has 0 aromatic heterocycles. The zero-order chi connectivity index (χ0) is 13.0. The molecule has 4 nitrogen and oxygen atoms in total. The number of aliphatic carboxylic acids is 1. The monoisotopic (exact) mass is 244 g/mol. The van der Waals surface area contributed by atoms with E-state index in [0.717, 1.165) is 31.6 Å². The second-order valence-electron chi connectivity index (χ2n) is 4.69.